The minimum absolute atomic E-state index is 0.188. The van der Waals surface area contributed by atoms with Crippen molar-refractivity contribution in [2.45, 2.75) is 40.5 Å². The van der Waals surface area contributed by atoms with Crippen molar-refractivity contribution in [2.24, 2.45) is 11.3 Å². The van der Waals surface area contributed by atoms with Gasteiger partial charge in [0.25, 0.3) is 0 Å². The quantitative estimate of drug-likeness (QED) is 0.501. The van der Waals surface area contributed by atoms with Gasteiger partial charge in [0.2, 0.25) is 0 Å². The second kappa shape index (κ2) is 4.16. The van der Waals surface area contributed by atoms with Gasteiger partial charge in [-0.3, -0.25) is 0 Å². The maximum atomic E-state index is 11.3. The summed E-state index contributed by atoms with van der Waals surface area (Å²) >= 11 is 0. The monoisotopic (exact) mass is 196 g/mol. The summed E-state index contributed by atoms with van der Waals surface area (Å²) < 4.78 is 4.90. The van der Waals surface area contributed by atoms with Crippen molar-refractivity contribution in [3.63, 3.8) is 0 Å². The van der Waals surface area contributed by atoms with E-state index in [0.29, 0.717) is 17.9 Å². The average Bonchev–Trinajstić information content (AvgIpc) is 2.25. The largest absolute Gasteiger partial charge is 0.463 e. The fourth-order valence-corrected chi connectivity index (χ4v) is 2.29. The Bertz CT molecular complexity index is 251. The SMILES string of the molecule is CCOC(=O)/C=C1/CC(C)(C)CC1C. The van der Waals surface area contributed by atoms with Gasteiger partial charge in [-0.05, 0) is 31.1 Å². The molecule has 0 amide bonds. The van der Waals surface area contributed by atoms with Crippen molar-refractivity contribution in [3.05, 3.63) is 11.6 Å². The summed E-state index contributed by atoms with van der Waals surface area (Å²) in [5, 5.41) is 0. The van der Waals surface area contributed by atoms with E-state index in [1.54, 1.807) is 6.08 Å². The molecule has 1 atom stereocenters. The molecule has 1 aliphatic rings. The van der Waals surface area contributed by atoms with Gasteiger partial charge in [-0.2, -0.15) is 0 Å². The number of hydrogen-bond acceptors (Lipinski definition) is 2. The fourth-order valence-electron chi connectivity index (χ4n) is 2.29. The normalized spacial score (nSPS) is 28.0. The van der Waals surface area contributed by atoms with Crippen LogP contribution in [0.3, 0.4) is 0 Å². The highest BCUT2D eigenvalue weighted by Crippen LogP contribution is 2.44. The van der Waals surface area contributed by atoms with Crippen molar-refractivity contribution < 1.29 is 9.53 Å². The van der Waals surface area contributed by atoms with Gasteiger partial charge < -0.3 is 4.74 Å². The van der Waals surface area contributed by atoms with Gasteiger partial charge in [0.15, 0.2) is 0 Å². The molecule has 0 aliphatic heterocycles. The number of ether oxygens (including phenoxy) is 1. The number of hydrogen-bond donors (Lipinski definition) is 0. The van der Waals surface area contributed by atoms with E-state index in [1.165, 1.54) is 5.57 Å². The van der Waals surface area contributed by atoms with Crippen LogP contribution in [-0.4, -0.2) is 12.6 Å². The van der Waals surface area contributed by atoms with E-state index in [0.717, 1.165) is 12.8 Å². The van der Waals surface area contributed by atoms with Gasteiger partial charge in [0, 0.05) is 6.08 Å². The molecule has 0 bridgehead atoms. The third-order valence-corrected chi connectivity index (χ3v) is 2.76. The molecule has 1 saturated carbocycles. The van der Waals surface area contributed by atoms with Crippen LogP contribution in [0.1, 0.15) is 40.5 Å². The Labute approximate surface area is 86.3 Å². The van der Waals surface area contributed by atoms with Crippen LogP contribution >= 0.6 is 0 Å². The Balaban J connectivity index is 2.65. The van der Waals surface area contributed by atoms with Crippen LogP contribution in [0.4, 0.5) is 0 Å². The minimum Gasteiger partial charge on any atom is -0.463 e. The first-order chi connectivity index (χ1) is 6.44. The first-order valence-corrected chi connectivity index (χ1v) is 5.32. The summed E-state index contributed by atoms with van der Waals surface area (Å²) in [6.45, 7) is 8.96. The van der Waals surface area contributed by atoms with E-state index in [9.17, 15) is 4.79 Å². The lowest BCUT2D eigenvalue weighted by molar-refractivity contribution is -0.137. The Hall–Kier alpha value is -0.790. The molecule has 2 nitrogen and oxygen atoms in total. The lowest BCUT2D eigenvalue weighted by atomic mass is 9.91. The molecule has 0 aromatic rings. The molecule has 0 aromatic heterocycles. The molecule has 1 aliphatic carbocycles. The molecule has 1 unspecified atom stereocenters. The van der Waals surface area contributed by atoms with Gasteiger partial charge >= 0.3 is 5.97 Å². The van der Waals surface area contributed by atoms with Crippen LogP contribution in [0.15, 0.2) is 11.6 Å². The van der Waals surface area contributed by atoms with Gasteiger partial charge in [-0.15, -0.1) is 0 Å². The minimum atomic E-state index is -0.188. The summed E-state index contributed by atoms with van der Waals surface area (Å²) in [6, 6.07) is 0. The third-order valence-electron chi connectivity index (χ3n) is 2.76. The fraction of sp³-hybridized carbons (Fsp3) is 0.750. The second-order valence-electron chi connectivity index (χ2n) is 4.92. The molecular formula is C12H20O2. The molecule has 0 spiro atoms. The molecule has 1 fully saturated rings. The number of carbonyl (C=O) groups is 1. The van der Waals surface area contributed by atoms with Crippen LogP contribution < -0.4 is 0 Å². The summed E-state index contributed by atoms with van der Waals surface area (Å²) in [6.07, 6.45) is 3.87. The Kier molecular flexibility index (Phi) is 3.35. The standard InChI is InChI=1S/C12H20O2/c1-5-14-11(13)6-10-8-12(3,4)7-9(10)2/h6,9H,5,7-8H2,1-4H3/b10-6-. The highest BCUT2D eigenvalue weighted by atomic mass is 16.5. The molecule has 1 rings (SSSR count). The van der Waals surface area contributed by atoms with Crippen molar-refractivity contribution in [2.75, 3.05) is 6.61 Å². The first kappa shape index (κ1) is 11.3. The van der Waals surface area contributed by atoms with Crippen molar-refractivity contribution in [3.8, 4) is 0 Å². The zero-order valence-electron chi connectivity index (χ0n) is 9.59. The Morgan fingerprint density at radius 3 is 2.71 bits per heavy atom. The molecule has 0 radical (unpaired) electrons. The van der Waals surface area contributed by atoms with E-state index in [-0.39, 0.29) is 5.97 Å². The Morgan fingerprint density at radius 2 is 2.29 bits per heavy atom. The molecule has 0 aromatic carbocycles. The van der Waals surface area contributed by atoms with Crippen molar-refractivity contribution in [1.29, 1.82) is 0 Å². The summed E-state index contributed by atoms with van der Waals surface area (Å²) in [4.78, 5) is 11.3. The van der Waals surface area contributed by atoms with Crippen LogP contribution in [0.5, 0.6) is 0 Å². The lowest BCUT2D eigenvalue weighted by Crippen LogP contribution is -2.04. The van der Waals surface area contributed by atoms with Gasteiger partial charge in [0.05, 0.1) is 6.61 Å². The molecule has 0 heterocycles. The predicted molar refractivity (Wildman–Crippen MR) is 56.9 cm³/mol. The predicted octanol–water partition coefficient (Wildman–Crippen LogP) is 2.93. The molecule has 14 heavy (non-hydrogen) atoms. The van der Waals surface area contributed by atoms with E-state index in [4.69, 9.17) is 4.74 Å². The van der Waals surface area contributed by atoms with Crippen LogP contribution in [0.2, 0.25) is 0 Å². The number of rotatable bonds is 2. The van der Waals surface area contributed by atoms with Crippen molar-refractivity contribution in [1.82, 2.24) is 0 Å². The smallest absolute Gasteiger partial charge is 0.330 e. The zero-order chi connectivity index (χ0) is 10.8. The van der Waals surface area contributed by atoms with E-state index >= 15 is 0 Å². The molecule has 80 valence electrons. The molecule has 2 heteroatoms. The average molecular weight is 196 g/mol. The van der Waals surface area contributed by atoms with E-state index in [1.807, 2.05) is 6.92 Å². The first-order valence-electron chi connectivity index (χ1n) is 5.32. The molecule has 0 saturated heterocycles. The maximum absolute atomic E-state index is 11.3. The lowest BCUT2D eigenvalue weighted by Gasteiger charge is -2.14. The highest BCUT2D eigenvalue weighted by molar-refractivity contribution is 5.83. The Morgan fingerprint density at radius 1 is 1.64 bits per heavy atom. The number of esters is 1. The summed E-state index contributed by atoms with van der Waals surface area (Å²) in [5.74, 6) is 0.335. The highest BCUT2D eigenvalue weighted by Gasteiger charge is 2.32. The van der Waals surface area contributed by atoms with Crippen LogP contribution in [-0.2, 0) is 9.53 Å². The number of carbonyl (C=O) groups excluding carboxylic acids is 1. The van der Waals surface area contributed by atoms with Gasteiger partial charge in [0.1, 0.15) is 0 Å². The van der Waals surface area contributed by atoms with E-state index in [2.05, 4.69) is 20.8 Å². The van der Waals surface area contributed by atoms with Crippen LogP contribution in [0, 0.1) is 11.3 Å². The third kappa shape index (κ3) is 2.86. The van der Waals surface area contributed by atoms with Crippen LogP contribution in [0.25, 0.3) is 0 Å². The molecular weight excluding hydrogens is 176 g/mol. The van der Waals surface area contributed by atoms with E-state index < -0.39 is 0 Å². The zero-order valence-corrected chi connectivity index (χ0v) is 9.59. The summed E-state index contributed by atoms with van der Waals surface area (Å²) in [5.41, 5.74) is 1.59. The van der Waals surface area contributed by atoms with Gasteiger partial charge in [-0.1, -0.05) is 26.3 Å². The van der Waals surface area contributed by atoms with Gasteiger partial charge in [-0.25, -0.2) is 4.79 Å². The van der Waals surface area contributed by atoms with Crippen molar-refractivity contribution >= 4 is 5.97 Å². The molecule has 0 N–H and O–H groups in total. The number of allylic oxidation sites excluding steroid dienone is 1. The summed E-state index contributed by atoms with van der Waals surface area (Å²) in [7, 11) is 0. The topological polar surface area (TPSA) is 26.3 Å². The maximum Gasteiger partial charge on any atom is 0.330 e. The second-order valence-corrected chi connectivity index (χ2v) is 4.92.